The van der Waals surface area contributed by atoms with Gasteiger partial charge in [-0.3, -0.25) is 0 Å². The van der Waals surface area contributed by atoms with Crippen LogP contribution in [0, 0.1) is 6.57 Å². The largest absolute Gasteiger partial charge is 0.558 e. The third kappa shape index (κ3) is 1.55. The lowest BCUT2D eigenvalue weighted by molar-refractivity contribution is -0.298. The van der Waals surface area contributed by atoms with E-state index in [4.69, 9.17) is 6.57 Å². The molecule has 0 saturated carbocycles. The first-order chi connectivity index (χ1) is 3.18. The quantitative estimate of drug-likeness (QED) is 0.316. The van der Waals surface area contributed by atoms with Gasteiger partial charge in [-0.25, -0.2) is 4.85 Å². The highest BCUT2D eigenvalue weighted by atomic mass is 16.4. The van der Waals surface area contributed by atoms with Crippen molar-refractivity contribution < 1.29 is 9.90 Å². The second-order valence-electron chi connectivity index (χ2n) is 0.846. The van der Waals surface area contributed by atoms with Crippen LogP contribution in [0.2, 0.25) is 0 Å². The molecule has 0 radical (unpaired) electrons. The van der Waals surface area contributed by atoms with Gasteiger partial charge in [-0.1, -0.05) is 6.58 Å². The second kappa shape index (κ2) is 1.98. The van der Waals surface area contributed by atoms with Gasteiger partial charge in [0.2, 0.25) is 5.70 Å². The van der Waals surface area contributed by atoms with Crippen molar-refractivity contribution in [3.63, 3.8) is 0 Å². The molecule has 0 aliphatic heterocycles. The van der Waals surface area contributed by atoms with Gasteiger partial charge in [-0.2, -0.15) is 0 Å². The van der Waals surface area contributed by atoms with Crippen molar-refractivity contribution >= 4 is 5.97 Å². The molecule has 36 valence electrons. The Morgan fingerprint density at radius 3 is 2.29 bits per heavy atom. The Kier molecular flexibility index (Phi) is 1.61. The fourth-order valence-corrected chi connectivity index (χ4v) is 0.0456. The molecule has 0 aliphatic rings. The lowest BCUT2D eigenvalue weighted by atomic mass is 10.5. The minimum absolute atomic E-state index is 0.556. The molecule has 0 fully saturated rings. The van der Waals surface area contributed by atoms with Gasteiger partial charge in [0.05, 0.1) is 12.5 Å². The van der Waals surface area contributed by atoms with Gasteiger partial charge in [-0.15, -0.1) is 0 Å². The normalized spacial score (nSPS) is 6.71. The van der Waals surface area contributed by atoms with Gasteiger partial charge in [0.1, 0.15) is 0 Å². The summed E-state index contributed by atoms with van der Waals surface area (Å²) in [6, 6.07) is 0. The Morgan fingerprint density at radius 1 is 1.86 bits per heavy atom. The molecule has 7 heavy (non-hydrogen) atoms. The number of hydrogen-bond acceptors (Lipinski definition) is 2. The lowest BCUT2D eigenvalue weighted by Crippen LogP contribution is -2.22. The van der Waals surface area contributed by atoms with Crippen molar-refractivity contribution in [3.05, 3.63) is 23.7 Å². The molecule has 0 aromatic rings. The van der Waals surface area contributed by atoms with Gasteiger partial charge in [-0.05, 0) is 0 Å². The van der Waals surface area contributed by atoms with Gasteiger partial charge in [0.25, 0.3) is 0 Å². The highest BCUT2D eigenvalue weighted by molar-refractivity contribution is 5.85. The van der Waals surface area contributed by atoms with Crippen molar-refractivity contribution in [2.24, 2.45) is 0 Å². The number of carbonyl (C=O) groups excluding carboxylic acids is 1. The van der Waals surface area contributed by atoms with Crippen LogP contribution < -0.4 is 5.11 Å². The van der Waals surface area contributed by atoms with E-state index in [1.807, 2.05) is 0 Å². The van der Waals surface area contributed by atoms with Crippen LogP contribution in [0.3, 0.4) is 0 Å². The number of carbonyl (C=O) groups is 1. The minimum atomic E-state index is -1.50. The molecule has 0 aromatic heterocycles. The summed E-state index contributed by atoms with van der Waals surface area (Å²) in [5, 5.41) is 9.51. The molecule has 0 amide bonds. The molecule has 0 heterocycles. The molecule has 0 aliphatic carbocycles. The fourth-order valence-electron chi connectivity index (χ4n) is 0.0456. The fraction of sp³-hybridized carbons (Fsp3) is 0. The van der Waals surface area contributed by atoms with E-state index in [0.29, 0.717) is 0 Å². The molecular formula is C4H2NO2-. The van der Waals surface area contributed by atoms with Crippen LogP contribution >= 0.6 is 0 Å². The highest BCUT2D eigenvalue weighted by Gasteiger charge is 1.85. The smallest absolute Gasteiger partial charge is 0.202 e. The topological polar surface area (TPSA) is 44.5 Å². The predicted molar refractivity (Wildman–Crippen MR) is 20.7 cm³/mol. The Bertz CT molecular complexity index is 142. The number of rotatable bonds is 1. The Morgan fingerprint density at radius 2 is 2.29 bits per heavy atom. The van der Waals surface area contributed by atoms with E-state index in [-0.39, 0.29) is 0 Å². The van der Waals surface area contributed by atoms with Gasteiger partial charge >= 0.3 is 0 Å². The number of carboxylic acid groups (broad SMARTS) is 1. The standard InChI is InChI=1S/C4H3NO2/c1-3(5-2)4(6)7/h1H2,(H,6,7)/p-1. The Labute approximate surface area is 40.7 Å². The monoisotopic (exact) mass is 96.0 g/mol. The van der Waals surface area contributed by atoms with Crippen molar-refractivity contribution in [3.8, 4) is 0 Å². The molecule has 0 rings (SSSR count). The number of carboxylic acids is 1. The van der Waals surface area contributed by atoms with Gasteiger partial charge in [0.15, 0.2) is 0 Å². The van der Waals surface area contributed by atoms with E-state index >= 15 is 0 Å². The van der Waals surface area contributed by atoms with Crippen LogP contribution in [-0.4, -0.2) is 5.97 Å². The maximum absolute atomic E-state index is 9.51. The van der Waals surface area contributed by atoms with E-state index < -0.39 is 11.7 Å². The van der Waals surface area contributed by atoms with E-state index in [2.05, 4.69) is 11.4 Å². The SMILES string of the molecule is [C-]#[N+]C(=C)C(=O)[O-]. The maximum Gasteiger partial charge on any atom is 0.202 e. The summed E-state index contributed by atoms with van der Waals surface area (Å²) in [5.74, 6) is -1.50. The van der Waals surface area contributed by atoms with E-state index in [1.165, 1.54) is 0 Å². The average Bonchev–Trinajstić information content (AvgIpc) is 1.65. The van der Waals surface area contributed by atoms with E-state index in [9.17, 15) is 9.90 Å². The number of aliphatic carboxylic acids is 1. The van der Waals surface area contributed by atoms with Gasteiger partial charge in [0, 0.05) is 0 Å². The zero-order valence-corrected chi connectivity index (χ0v) is 3.47. The molecule has 0 aromatic carbocycles. The summed E-state index contributed by atoms with van der Waals surface area (Å²) >= 11 is 0. The van der Waals surface area contributed by atoms with Crippen LogP contribution in [0.25, 0.3) is 4.85 Å². The molecule has 0 unspecified atom stereocenters. The second-order valence-corrected chi connectivity index (χ2v) is 0.846. The third-order valence-electron chi connectivity index (χ3n) is 0.371. The van der Waals surface area contributed by atoms with Crippen LogP contribution in [0.4, 0.5) is 0 Å². The molecule has 0 N–H and O–H groups in total. The summed E-state index contributed by atoms with van der Waals surface area (Å²) in [6.07, 6.45) is 0. The first kappa shape index (κ1) is 5.70. The van der Waals surface area contributed by atoms with Crippen LogP contribution in [-0.2, 0) is 4.79 Å². The Hall–Kier alpha value is -1.30. The van der Waals surface area contributed by atoms with Crippen molar-refractivity contribution in [2.45, 2.75) is 0 Å². The molecule has 0 saturated heterocycles. The number of hydrogen-bond donors (Lipinski definition) is 0. The summed E-state index contributed by atoms with van der Waals surface area (Å²) in [7, 11) is 0. The highest BCUT2D eigenvalue weighted by Crippen LogP contribution is 1.84. The summed E-state index contributed by atoms with van der Waals surface area (Å²) in [5.41, 5.74) is -0.556. The molecule has 3 heteroatoms. The first-order valence-corrected chi connectivity index (χ1v) is 1.46. The summed E-state index contributed by atoms with van der Waals surface area (Å²) in [6.45, 7) is 8.90. The molecular weight excluding hydrogens is 94.0 g/mol. The maximum atomic E-state index is 9.51. The predicted octanol–water partition coefficient (Wildman–Crippen LogP) is -0.831. The lowest BCUT2D eigenvalue weighted by Gasteiger charge is -1.90. The van der Waals surface area contributed by atoms with Crippen LogP contribution in [0.1, 0.15) is 0 Å². The zero-order chi connectivity index (χ0) is 5.86. The first-order valence-electron chi connectivity index (χ1n) is 1.46. The number of nitrogens with zero attached hydrogens (tertiary/aromatic N) is 1. The molecule has 0 spiro atoms. The van der Waals surface area contributed by atoms with Crippen molar-refractivity contribution in [2.75, 3.05) is 0 Å². The summed E-state index contributed by atoms with van der Waals surface area (Å²) < 4.78 is 0. The van der Waals surface area contributed by atoms with Crippen molar-refractivity contribution in [1.29, 1.82) is 0 Å². The minimum Gasteiger partial charge on any atom is -0.558 e. The average molecular weight is 96.1 g/mol. The zero-order valence-electron chi connectivity index (χ0n) is 3.47. The molecule has 0 atom stereocenters. The Balaban J connectivity index is 3.90. The van der Waals surface area contributed by atoms with Gasteiger partial charge < -0.3 is 9.90 Å². The third-order valence-corrected chi connectivity index (χ3v) is 0.371. The van der Waals surface area contributed by atoms with Crippen LogP contribution in [0.15, 0.2) is 12.3 Å². The van der Waals surface area contributed by atoms with Crippen LogP contribution in [0.5, 0.6) is 0 Å². The summed E-state index contributed by atoms with van der Waals surface area (Å²) in [4.78, 5) is 12.0. The van der Waals surface area contributed by atoms with E-state index in [1.54, 1.807) is 0 Å². The molecule has 3 nitrogen and oxygen atoms in total. The van der Waals surface area contributed by atoms with E-state index in [0.717, 1.165) is 0 Å². The van der Waals surface area contributed by atoms with Crippen molar-refractivity contribution in [1.82, 2.24) is 0 Å². The molecule has 0 bridgehead atoms.